The number of hydrogen-bond donors (Lipinski definition) is 1. The lowest BCUT2D eigenvalue weighted by atomic mass is 10.1. The maximum atomic E-state index is 12.8. The maximum absolute atomic E-state index is 12.8. The molecule has 0 saturated carbocycles. The summed E-state index contributed by atoms with van der Waals surface area (Å²) >= 11 is 0. The molecule has 0 aliphatic heterocycles. The molecule has 32 heavy (non-hydrogen) atoms. The second-order valence-electron chi connectivity index (χ2n) is 7.27. The van der Waals surface area contributed by atoms with Gasteiger partial charge in [-0.05, 0) is 55.3 Å². The predicted octanol–water partition coefficient (Wildman–Crippen LogP) is 4.09. The van der Waals surface area contributed by atoms with Crippen LogP contribution in [0.3, 0.4) is 0 Å². The number of benzene rings is 2. The van der Waals surface area contributed by atoms with Gasteiger partial charge in [-0.1, -0.05) is 18.2 Å². The van der Waals surface area contributed by atoms with Gasteiger partial charge in [0.1, 0.15) is 17.4 Å². The average molecular weight is 425 g/mol. The van der Waals surface area contributed by atoms with Gasteiger partial charge in [0.25, 0.3) is 5.91 Å². The van der Waals surface area contributed by atoms with Crippen LogP contribution in [0.1, 0.15) is 34.0 Å². The Labute approximate surface area is 184 Å². The molecule has 0 unspecified atom stereocenters. The molecule has 0 saturated heterocycles. The predicted molar refractivity (Wildman–Crippen MR) is 119 cm³/mol. The van der Waals surface area contributed by atoms with E-state index in [9.17, 15) is 14.9 Å². The lowest BCUT2D eigenvalue weighted by Crippen LogP contribution is -2.16. The number of pyridine rings is 1. The number of anilines is 1. The largest absolute Gasteiger partial charge is 0.427 e. The minimum Gasteiger partial charge on any atom is -0.427 e. The zero-order valence-corrected chi connectivity index (χ0v) is 17.7. The highest BCUT2D eigenvalue weighted by atomic mass is 16.5. The molecule has 1 N–H and O–H groups in total. The number of aromatic nitrogens is 3. The Morgan fingerprint density at radius 3 is 2.53 bits per heavy atom. The molecule has 0 radical (unpaired) electrons. The second kappa shape index (κ2) is 8.32. The van der Waals surface area contributed by atoms with Gasteiger partial charge >= 0.3 is 5.97 Å². The van der Waals surface area contributed by atoms with Crippen LogP contribution in [-0.2, 0) is 4.79 Å². The molecule has 8 nitrogen and oxygen atoms in total. The molecule has 2 aromatic carbocycles. The standard InChI is InChI=1S/C24H19N5O3/c1-14-5-4-6-20-15(2)11-21(27-22(14)20)29-23(18(12-25)13-26-29)28-24(31)17-7-9-19(10-8-17)32-16(3)30/h4-11,13H,1-3H3,(H,28,31). The minimum atomic E-state index is -0.446. The van der Waals surface area contributed by atoms with Crippen molar-refractivity contribution in [3.05, 3.63) is 77.0 Å². The van der Waals surface area contributed by atoms with E-state index in [1.807, 2.05) is 38.1 Å². The first-order chi connectivity index (χ1) is 15.4. The van der Waals surface area contributed by atoms with E-state index in [0.29, 0.717) is 17.1 Å². The summed E-state index contributed by atoms with van der Waals surface area (Å²) in [5.74, 6) is 0.167. The summed E-state index contributed by atoms with van der Waals surface area (Å²) in [6, 6.07) is 16.0. The fourth-order valence-corrected chi connectivity index (χ4v) is 3.40. The molecular weight excluding hydrogens is 406 g/mol. The van der Waals surface area contributed by atoms with Crippen LogP contribution in [0.5, 0.6) is 5.75 Å². The van der Waals surface area contributed by atoms with Crippen LogP contribution in [0.4, 0.5) is 5.82 Å². The van der Waals surface area contributed by atoms with Crippen LogP contribution >= 0.6 is 0 Å². The maximum Gasteiger partial charge on any atom is 0.308 e. The van der Waals surface area contributed by atoms with Crippen LogP contribution < -0.4 is 10.1 Å². The van der Waals surface area contributed by atoms with Crippen molar-refractivity contribution in [3.8, 4) is 17.6 Å². The van der Waals surface area contributed by atoms with Crippen molar-refractivity contribution < 1.29 is 14.3 Å². The van der Waals surface area contributed by atoms with Crippen molar-refractivity contribution in [2.45, 2.75) is 20.8 Å². The lowest BCUT2D eigenvalue weighted by Gasteiger charge is -2.12. The molecule has 0 atom stereocenters. The SMILES string of the molecule is CC(=O)Oc1ccc(C(=O)Nc2c(C#N)cnn2-c2cc(C)c3cccc(C)c3n2)cc1. The molecule has 0 bridgehead atoms. The molecule has 2 heterocycles. The highest BCUT2D eigenvalue weighted by molar-refractivity contribution is 6.04. The Hall–Kier alpha value is -4.51. The number of nitrogens with zero attached hydrogens (tertiary/aromatic N) is 4. The molecule has 4 rings (SSSR count). The third-order valence-corrected chi connectivity index (χ3v) is 4.95. The van der Waals surface area contributed by atoms with Gasteiger partial charge in [-0.3, -0.25) is 9.59 Å². The highest BCUT2D eigenvalue weighted by Crippen LogP contribution is 2.25. The Kier molecular flexibility index (Phi) is 5.39. The van der Waals surface area contributed by atoms with E-state index >= 15 is 0 Å². The number of fused-ring (bicyclic) bond motifs is 1. The monoisotopic (exact) mass is 425 g/mol. The van der Waals surface area contributed by atoms with Crippen molar-refractivity contribution in [2.75, 3.05) is 5.32 Å². The number of rotatable bonds is 4. The van der Waals surface area contributed by atoms with Gasteiger partial charge in [0.2, 0.25) is 0 Å². The van der Waals surface area contributed by atoms with E-state index in [1.165, 1.54) is 42.1 Å². The normalized spacial score (nSPS) is 10.6. The topological polar surface area (TPSA) is 110 Å². The number of nitrogens with one attached hydrogen (secondary N) is 1. The Bertz CT molecular complexity index is 1400. The number of nitriles is 1. The number of para-hydroxylation sites is 1. The summed E-state index contributed by atoms with van der Waals surface area (Å²) in [5.41, 5.74) is 3.38. The summed E-state index contributed by atoms with van der Waals surface area (Å²) in [4.78, 5) is 28.6. The van der Waals surface area contributed by atoms with E-state index in [-0.39, 0.29) is 11.4 Å². The molecule has 4 aromatic rings. The zero-order chi connectivity index (χ0) is 22.8. The number of hydrogen-bond acceptors (Lipinski definition) is 6. The van der Waals surface area contributed by atoms with Gasteiger partial charge in [0, 0.05) is 17.9 Å². The number of amides is 1. The summed E-state index contributed by atoms with van der Waals surface area (Å²) in [7, 11) is 0. The van der Waals surface area contributed by atoms with Gasteiger partial charge in [-0.15, -0.1) is 0 Å². The Morgan fingerprint density at radius 2 is 1.84 bits per heavy atom. The Balaban J connectivity index is 1.71. The Morgan fingerprint density at radius 1 is 1.09 bits per heavy atom. The first-order valence-corrected chi connectivity index (χ1v) is 9.82. The lowest BCUT2D eigenvalue weighted by molar-refractivity contribution is -0.131. The fraction of sp³-hybridized carbons (Fsp3) is 0.125. The van der Waals surface area contributed by atoms with Crippen molar-refractivity contribution in [1.82, 2.24) is 14.8 Å². The van der Waals surface area contributed by atoms with E-state index in [1.54, 1.807) is 0 Å². The van der Waals surface area contributed by atoms with E-state index in [2.05, 4.69) is 16.5 Å². The van der Waals surface area contributed by atoms with Crippen LogP contribution in [0.25, 0.3) is 16.7 Å². The van der Waals surface area contributed by atoms with Crippen molar-refractivity contribution in [2.24, 2.45) is 0 Å². The molecule has 0 aliphatic rings. The van der Waals surface area contributed by atoms with Gasteiger partial charge in [0.05, 0.1) is 11.7 Å². The summed E-state index contributed by atoms with van der Waals surface area (Å²) in [6.07, 6.45) is 1.39. The molecule has 8 heteroatoms. The number of esters is 1. The zero-order valence-electron chi connectivity index (χ0n) is 17.7. The third-order valence-electron chi connectivity index (χ3n) is 4.95. The average Bonchev–Trinajstić information content (AvgIpc) is 3.17. The molecule has 1 amide bonds. The van der Waals surface area contributed by atoms with Gasteiger partial charge in [0.15, 0.2) is 11.6 Å². The quantitative estimate of drug-likeness (QED) is 0.390. The highest BCUT2D eigenvalue weighted by Gasteiger charge is 2.18. The number of aryl methyl sites for hydroxylation is 2. The summed E-state index contributed by atoms with van der Waals surface area (Å²) in [6.45, 7) is 5.25. The van der Waals surface area contributed by atoms with Gasteiger partial charge < -0.3 is 10.1 Å². The third kappa shape index (κ3) is 3.91. The van der Waals surface area contributed by atoms with Crippen LogP contribution in [-0.4, -0.2) is 26.6 Å². The second-order valence-corrected chi connectivity index (χ2v) is 7.27. The summed E-state index contributed by atoms with van der Waals surface area (Å²) < 4.78 is 6.44. The minimum absolute atomic E-state index is 0.208. The smallest absolute Gasteiger partial charge is 0.308 e. The van der Waals surface area contributed by atoms with Gasteiger partial charge in [-0.2, -0.15) is 15.0 Å². The molecule has 2 aromatic heterocycles. The van der Waals surface area contributed by atoms with Crippen molar-refractivity contribution in [1.29, 1.82) is 5.26 Å². The molecular formula is C24H19N5O3. The van der Waals surface area contributed by atoms with E-state index in [4.69, 9.17) is 9.72 Å². The van der Waals surface area contributed by atoms with Crippen molar-refractivity contribution in [3.63, 3.8) is 0 Å². The number of ether oxygens (including phenoxy) is 1. The molecule has 0 aliphatic carbocycles. The molecule has 0 spiro atoms. The van der Waals surface area contributed by atoms with Crippen LogP contribution in [0, 0.1) is 25.2 Å². The van der Waals surface area contributed by atoms with E-state index < -0.39 is 11.9 Å². The molecule has 158 valence electrons. The number of carbonyl (C=O) groups is 2. The fourth-order valence-electron chi connectivity index (χ4n) is 3.40. The number of carbonyl (C=O) groups excluding carboxylic acids is 2. The first-order valence-electron chi connectivity index (χ1n) is 9.82. The van der Waals surface area contributed by atoms with E-state index in [0.717, 1.165) is 22.0 Å². The van der Waals surface area contributed by atoms with Crippen LogP contribution in [0.15, 0.2) is 54.7 Å². The van der Waals surface area contributed by atoms with Gasteiger partial charge in [-0.25, -0.2) is 4.98 Å². The van der Waals surface area contributed by atoms with Crippen LogP contribution in [0.2, 0.25) is 0 Å². The van der Waals surface area contributed by atoms with Crippen molar-refractivity contribution >= 4 is 28.6 Å². The summed E-state index contributed by atoms with van der Waals surface area (Å²) in [5, 5.41) is 17.6. The molecule has 0 fully saturated rings. The first kappa shape index (κ1) is 20.8.